The molecule has 0 aliphatic heterocycles. The molecule has 98 valence electrons. The monoisotopic (exact) mass is 290 g/mol. The topological polar surface area (TPSA) is 67.4 Å². The Morgan fingerprint density at radius 1 is 1.39 bits per heavy atom. The SMILES string of the molecule is CNC(=O)Oc1ccc(NC(=O)CCCl)cc1Cl. The number of carbonyl (C=O) groups excluding carboxylic acids is 2. The highest BCUT2D eigenvalue weighted by molar-refractivity contribution is 6.32. The molecule has 1 rings (SSSR count). The van der Waals surface area contributed by atoms with Crippen molar-refractivity contribution < 1.29 is 14.3 Å². The molecular weight excluding hydrogens is 279 g/mol. The summed E-state index contributed by atoms with van der Waals surface area (Å²) in [6.45, 7) is 0. The largest absolute Gasteiger partial charge is 0.412 e. The molecule has 0 unspecified atom stereocenters. The maximum Gasteiger partial charge on any atom is 0.412 e. The Morgan fingerprint density at radius 2 is 2.11 bits per heavy atom. The second kappa shape index (κ2) is 7.08. The number of amides is 2. The maximum absolute atomic E-state index is 11.3. The Labute approximate surface area is 114 Å². The number of nitrogens with one attached hydrogen (secondary N) is 2. The van der Waals surface area contributed by atoms with E-state index in [4.69, 9.17) is 27.9 Å². The Bertz CT molecular complexity index is 452. The van der Waals surface area contributed by atoms with Gasteiger partial charge in [0, 0.05) is 25.0 Å². The third kappa shape index (κ3) is 4.43. The molecule has 0 radical (unpaired) electrons. The fraction of sp³-hybridized carbons (Fsp3) is 0.273. The number of halogens is 2. The van der Waals surface area contributed by atoms with Gasteiger partial charge in [-0.05, 0) is 18.2 Å². The highest BCUT2D eigenvalue weighted by Crippen LogP contribution is 2.27. The van der Waals surface area contributed by atoms with Crippen LogP contribution in [0.4, 0.5) is 10.5 Å². The second-order valence-corrected chi connectivity index (χ2v) is 4.06. The number of alkyl halides is 1. The number of hydrogen-bond acceptors (Lipinski definition) is 3. The Hall–Kier alpha value is -1.46. The molecule has 18 heavy (non-hydrogen) atoms. The van der Waals surface area contributed by atoms with E-state index in [9.17, 15) is 9.59 Å². The smallest absolute Gasteiger partial charge is 0.409 e. The highest BCUT2D eigenvalue weighted by Gasteiger charge is 2.08. The number of rotatable bonds is 4. The zero-order chi connectivity index (χ0) is 13.5. The average Bonchev–Trinajstić information content (AvgIpc) is 2.32. The van der Waals surface area contributed by atoms with Crippen molar-refractivity contribution in [3.8, 4) is 5.75 Å². The summed E-state index contributed by atoms with van der Waals surface area (Å²) in [5, 5.41) is 5.14. The Balaban J connectivity index is 2.73. The van der Waals surface area contributed by atoms with Gasteiger partial charge in [0.25, 0.3) is 0 Å². The molecular formula is C11H12Cl2N2O3. The predicted molar refractivity (Wildman–Crippen MR) is 70.5 cm³/mol. The Morgan fingerprint density at radius 3 is 2.67 bits per heavy atom. The second-order valence-electron chi connectivity index (χ2n) is 3.27. The molecule has 7 heteroatoms. The van der Waals surface area contributed by atoms with Crippen LogP contribution in [-0.2, 0) is 4.79 Å². The van der Waals surface area contributed by atoms with Gasteiger partial charge in [0.15, 0.2) is 5.75 Å². The van der Waals surface area contributed by atoms with E-state index in [2.05, 4.69) is 10.6 Å². The Kier molecular flexibility index (Phi) is 5.74. The van der Waals surface area contributed by atoms with Crippen LogP contribution in [0.5, 0.6) is 5.75 Å². The summed E-state index contributed by atoms with van der Waals surface area (Å²) in [6, 6.07) is 4.57. The molecule has 0 aliphatic rings. The van der Waals surface area contributed by atoms with Gasteiger partial charge in [0.05, 0.1) is 5.02 Å². The van der Waals surface area contributed by atoms with Crippen LogP contribution in [0.1, 0.15) is 6.42 Å². The van der Waals surface area contributed by atoms with Crippen LogP contribution < -0.4 is 15.4 Å². The summed E-state index contributed by atoms with van der Waals surface area (Å²) in [6.07, 6.45) is -0.397. The first-order valence-electron chi connectivity index (χ1n) is 5.11. The van der Waals surface area contributed by atoms with E-state index in [1.807, 2.05) is 0 Å². The molecule has 1 aromatic carbocycles. The summed E-state index contributed by atoms with van der Waals surface area (Å²) in [5.41, 5.74) is 0.513. The van der Waals surface area contributed by atoms with Gasteiger partial charge in [-0.2, -0.15) is 0 Å². The van der Waals surface area contributed by atoms with Crippen LogP contribution in [0.15, 0.2) is 18.2 Å². The van der Waals surface area contributed by atoms with Crippen molar-refractivity contribution in [2.45, 2.75) is 6.42 Å². The standard InChI is InChI=1S/C11H12Cl2N2O3/c1-14-11(17)18-9-3-2-7(6-8(9)13)15-10(16)4-5-12/h2-3,6H,4-5H2,1H3,(H,14,17)(H,15,16). The molecule has 1 aromatic rings. The number of hydrogen-bond donors (Lipinski definition) is 2. The first kappa shape index (κ1) is 14.6. The highest BCUT2D eigenvalue weighted by atomic mass is 35.5. The van der Waals surface area contributed by atoms with Crippen LogP contribution in [0.3, 0.4) is 0 Å². The van der Waals surface area contributed by atoms with Gasteiger partial charge < -0.3 is 15.4 Å². The van der Waals surface area contributed by atoms with Crippen molar-refractivity contribution in [1.82, 2.24) is 5.32 Å². The number of ether oxygens (including phenoxy) is 1. The number of anilines is 1. The molecule has 0 fully saturated rings. The minimum Gasteiger partial charge on any atom is -0.409 e. The van der Waals surface area contributed by atoms with Crippen LogP contribution in [0.25, 0.3) is 0 Å². The van der Waals surface area contributed by atoms with Crippen molar-refractivity contribution in [1.29, 1.82) is 0 Å². The lowest BCUT2D eigenvalue weighted by Gasteiger charge is -2.08. The maximum atomic E-state index is 11.3. The minimum absolute atomic E-state index is 0.207. The first-order valence-corrected chi connectivity index (χ1v) is 6.03. The van der Waals surface area contributed by atoms with Gasteiger partial charge in [-0.15, -0.1) is 11.6 Å². The van der Waals surface area contributed by atoms with Crippen LogP contribution in [-0.4, -0.2) is 24.9 Å². The molecule has 0 saturated heterocycles. The molecule has 0 saturated carbocycles. The lowest BCUT2D eigenvalue weighted by molar-refractivity contribution is -0.115. The molecule has 0 spiro atoms. The number of carbonyl (C=O) groups is 2. The van der Waals surface area contributed by atoms with E-state index in [0.717, 1.165) is 0 Å². The molecule has 2 amide bonds. The molecule has 5 nitrogen and oxygen atoms in total. The summed E-state index contributed by atoms with van der Waals surface area (Å²) in [7, 11) is 1.44. The van der Waals surface area contributed by atoms with E-state index >= 15 is 0 Å². The predicted octanol–water partition coefficient (Wildman–Crippen LogP) is 2.63. The quantitative estimate of drug-likeness (QED) is 0.838. The fourth-order valence-corrected chi connectivity index (χ4v) is 1.51. The van der Waals surface area contributed by atoms with E-state index in [1.54, 1.807) is 6.07 Å². The van der Waals surface area contributed by atoms with Crippen molar-refractivity contribution in [3.05, 3.63) is 23.2 Å². The van der Waals surface area contributed by atoms with Gasteiger partial charge in [-0.25, -0.2) is 4.79 Å². The van der Waals surface area contributed by atoms with Crippen molar-refractivity contribution in [2.24, 2.45) is 0 Å². The molecule has 0 heterocycles. The van der Waals surface area contributed by atoms with Crippen LogP contribution in [0, 0.1) is 0 Å². The van der Waals surface area contributed by atoms with Gasteiger partial charge in [-0.1, -0.05) is 11.6 Å². The molecule has 0 atom stereocenters. The lowest BCUT2D eigenvalue weighted by Crippen LogP contribution is -2.22. The lowest BCUT2D eigenvalue weighted by atomic mass is 10.3. The first-order chi connectivity index (χ1) is 8.56. The summed E-state index contributed by atoms with van der Waals surface area (Å²) in [4.78, 5) is 22.3. The summed E-state index contributed by atoms with van der Waals surface area (Å²) in [5.74, 6) is 0.254. The van der Waals surface area contributed by atoms with Crippen LogP contribution in [0.2, 0.25) is 5.02 Å². The van der Waals surface area contributed by atoms with E-state index in [0.29, 0.717) is 5.69 Å². The van der Waals surface area contributed by atoms with E-state index in [-0.39, 0.29) is 29.0 Å². The summed E-state index contributed by atoms with van der Waals surface area (Å²) < 4.78 is 4.89. The third-order valence-corrected chi connectivity index (χ3v) is 2.43. The molecule has 2 N–H and O–H groups in total. The van der Waals surface area contributed by atoms with Gasteiger partial charge in [0.2, 0.25) is 5.91 Å². The minimum atomic E-state index is -0.615. The normalized spacial score (nSPS) is 9.72. The van der Waals surface area contributed by atoms with Gasteiger partial charge in [-0.3, -0.25) is 4.79 Å². The summed E-state index contributed by atoms with van der Waals surface area (Å²) >= 11 is 11.3. The molecule has 0 bridgehead atoms. The van der Waals surface area contributed by atoms with E-state index in [1.165, 1.54) is 19.2 Å². The van der Waals surface area contributed by atoms with Crippen LogP contribution >= 0.6 is 23.2 Å². The zero-order valence-electron chi connectivity index (χ0n) is 9.63. The van der Waals surface area contributed by atoms with Crippen molar-refractivity contribution >= 4 is 40.9 Å². The fourth-order valence-electron chi connectivity index (χ4n) is 1.12. The van der Waals surface area contributed by atoms with Gasteiger partial charge in [0.1, 0.15) is 0 Å². The molecule has 0 aliphatic carbocycles. The van der Waals surface area contributed by atoms with E-state index < -0.39 is 6.09 Å². The third-order valence-electron chi connectivity index (χ3n) is 1.94. The molecule has 0 aromatic heterocycles. The average molecular weight is 291 g/mol. The van der Waals surface area contributed by atoms with Gasteiger partial charge >= 0.3 is 6.09 Å². The van der Waals surface area contributed by atoms with Crippen molar-refractivity contribution in [2.75, 3.05) is 18.2 Å². The van der Waals surface area contributed by atoms with Crippen molar-refractivity contribution in [3.63, 3.8) is 0 Å². The zero-order valence-corrected chi connectivity index (χ0v) is 11.1. The number of benzene rings is 1.